The summed E-state index contributed by atoms with van der Waals surface area (Å²) in [7, 11) is 0. The number of anilines is 2. The van der Waals surface area contributed by atoms with E-state index in [9.17, 15) is 0 Å². The Hall–Kier alpha value is -1.26. The third-order valence-corrected chi connectivity index (χ3v) is 3.12. The summed E-state index contributed by atoms with van der Waals surface area (Å²) < 4.78 is 0.847. The summed E-state index contributed by atoms with van der Waals surface area (Å²) in [6.45, 7) is 0.660. The van der Waals surface area contributed by atoms with Crippen LogP contribution >= 0.6 is 27.5 Å². The summed E-state index contributed by atoms with van der Waals surface area (Å²) in [5, 5.41) is 3.98. The van der Waals surface area contributed by atoms with Crippen LogP contribution in [-0.2, 0) is 6.54 Å². The quantitative estimate of drug-likeness (QED) is 0.908. The van der Waals surface area contributed by atoms with Crippen molar-refractivity contribution in [3.8, 4) is 0 Å². The SMILES string of the molecule is Nc1cncc(Br)c1NCc1cccc(Cl)c1. The molecule has 0 amide bonds. The highest BCUT2D eigenvalue weighted by Crippen LogP contribution is 2.27. The Bertz CT molecular complexity index is 511. The molecular formula is C12H11BrClN3. The van der Waals surface area contributed by atoms with Crippen molar-refractivity contribution in [1.82, 2.24) is 4.98 Å². The van der Waals surface area contributed by atoms with Gasteiger partial charge in [-0.15, -0.1) is 0 Å². The molecule has 0 bridgehead atoms. The molecule has 0 saturated carbocycles. The minimum absolute atomic E-state index is 0.612. The highest BCUT2D eigenvalue weighted by molar-refractivity contribution is 9.10. The summed E-state index contributed by atoms with van der Waals surface area (Å²) in [4.78, 5) is 3.98. The molecular weight excluding hydrogens is 302 g/mol. The lowest BCUT2D eigenvalue weighted by molar-refractivity contribution is 1.14. The third kappa shape index (κ3) is 3.11. The molecule has 0 unspecified atom stereocenters. The number of nitrogens with zero attached hydrogens (tertiary/aromatic N) is 1. The van der Waals surface area contributed by atoms with E-state index in [2.05, 4.69) is 26.2 Å². The maximum absolute atomic E-state index is 5.92. The average Bonchev–Trinajstić information content (AvgIpc) is 2.28. The lowest BCUT2D eigenvalue weighted by atomic mass is 10.2. The molecule has 0 aliphatic heterocycles. The Labute approximate surface area is 113 Å². The number of nitrogens with one attached hydrogen (secondary N) is 1. The summed E-state index contributed by atoms with van der Waals surface area (Å²) in [6, 6.07) is 7.69. The summed E-state index contributed by atoms with van der Waals surface area (Å²) >= 11 is 9.32. The van der Waals surface area contributed by atoms with E-state index in [0.29, 0.717) is 12.2 Å². The molecule has 1 aromatic carbocycles. The monoisotopic (exact) mass is 311 g/mol. The van der Waals surface area contributed by atoms with Gasteiger partial charge in [-0.2, -0.15) is 0 Å². The maximum Gasteiger partial charge on any atom is 0.0752 e. The number of nitrogen functional groups attached to an aromatic ring is 1. The van der Waals surface area contributed by atoms with Crippen LogP contribution in [0.1, 0.15) is 5.56 Å². The number of nitrogens with two attached hydrogens (primary N) is 1. The van der Waals surface area contributed by atoms with Gasteiger partial charge in [-0.3, -0.25) is 4.98 Å². The van der Waals surface area contributed by atoms with Gasteiger partial charge in [0.25, 0.3) is 0 Å². The van der Waals surface area contributed by atoms with E-state index < -0.39 is 0 Å². The minimum Gasteiger partial charge on any atom is -0.396 e. The van der Waals surface area contributed by atoms with Crippen LogP contribution in [0.2, 0.25) is 5.02 Å². The first-order valence-corrected chi connectivity index (χ1v) is 6.21. The molecule has 0 radical (unpaired) electrons. The molecule has 88 valence electrons. The second-order valence-corrected chi connectivity index (χ2v) is 4.86. The van der Waals surface area contributed by atoms with Crippen molar-refractivity contribution in [1.29, 1.82) is 0 Å². The van der Waals surface area contributed by atoms with E-state index in [-0.39, 0.29) is 0 Å². The average molecular weight is 313 g/mol. The molecule has 2 rings (SSSR count). The molecule has 3 N–H and O–H groups in total. The van der Waals surface area contributed by atoms with Crippen LogP contribution in [0.25, 0.3) is 0 Å². The van der Waals surface area contributed by atoms with Gasteiger partial charge in [-0.05, 0) is 33.6 Å². The predicted octanol–water partition coefficient (Wildman–Crippen LogP) is 3.69. The van der Waals surface area contributed by atoms with Gasteiger partial charge in [-0.1, -0.05) is 23.7 Å². The molecule has 1 aromatic heterocycles. The van der Waals surface area contributed by atoms with Crippen LogP contribution in [0.3, 0.4) is 0 Å². The Morgan fingerprint density at radius 3 is 2.88 bits per heavy atom. The van der Waals surface area contributed by atoms with Crippen LogP contribution in [0.4, 0.5) is 11.4 Å². The van der Waals surface area contributed by atoms with Crippen LogP contribution < -0.4 is 11.1 Å². The van der Waals surface area contributed by atoms with Gasteiger partial charge in [0.05, 0.1) is 22.0 Å². The molecule has 5 heteroatoms. The first kappa shape index (κ1) is 12.2. The fourth-order valence-corrected chi connectivity index (χ4v) is 2.17. The zero-order valence-corrected chi connectivity index (χ0v) is 11.3. The van der Waals surface area contributed by atoms with E-state index in [1.54, 1.807) is 12.4 Å². The van der Waals surface area contributed by atoms with Crippen molar-refractivity contribution < 1.29 is 0 Å². The van der Waals surface area contributed by atoms with Gasteiger partial charge in [0.2, 0.25) is 0 Å². The van der Waals surface area contributed by atoms with Crippen LogP contribution in [-0.4, -0.2) is 4.98 Å². The summed E-state index contributed by atoms with van der Waals surface area (Å²) in [5.41, 5.74) is 8.39. The third-order valence-electron chi connectivity index (χ3n) is 2.29. The molecule has 2 aromatic rings. The highest BCUT2D eigenvalue weighted by atomic mass is 79.9. The lowest BCUT2D eigenvalue weighted by Crippen LogP contribution is -2.03. The number of hydrogen-bond acceptors (Lipinski definition) is 3. The van der Waals surface area contributed by atoms with Gasteiger partial charge in [-0.25, -0.2) is 0 Å². The van der Waals surface area contributed by atoms with Crippen molar-refractivity contribution in [2.45, 2.75) is 6.54 Å². The number of hydrogen-bond donors (Lipinski definition) is 2. The number of rotatable bonds is 3. The lowest BCUT2D eigenvalue weighted by Gasteiger charge is -2.10. The van der Waals surface area contributed by atoms with E-state index in [0.717, 1.165) is 20.7 Å². The number of aromatic nitrogens is 1. The normalized spacial score (nSPS) is 10.2. The van der Waals surface area contributed by atoms with E-state index in [1.165, 1.54) is 0 Å². The minimum atomic E-state index is 0.612. The zero-order chi connectivity index (χ0) is 12.3. The van der Waals surface area contributed by atoms with Crippen LogP contribution in [0.5, 0.6) is 0 Å². The number of pyridine rings is 1. The molecule has 0 spiro atoms. The second kappa shape index (κ2) is 5.38. The molecule has 3 nitrogen and oxygen atoms in total. The van der Waals surface area contributed by atoms with Crippen molar-refractivity contribution in [3.63, 3.8) is 0 Å². The maximum atomic E-state index is 5.92. The van der Waals surface area contributed by atoms with Gasteiger partial charge in [0.1, 0.15) is 0 Å². The van der Waals surface area contributed by atoms with E-state index in [4.69, 9.17) is 17.3 Å². The number of halogens is 2. The van der Waals surface area contributed by atoms with Gasteiger partial charge in [0.15, 0.2) is 0 Å². The largest absolute Gasteiger partial charge is 0.396 e. The van der Waals surface area contributed by atoms with E-state index >= 15 is 0 Å². The van der Waals surface area contributed by atoms with Crippen molar-refractivity contribution >= 4 is 38.9 Å². The van der Waals surface area contributed by atoms with E-state index in [1.807, 2.05) is 24.3 Å². The van der Waals surface area contributed by atoms with Gasteiger partial charge < -0.3 is 11.1 Å². The molecule has 0 saturated heterocycles. The zero-order valence-electron chi connectivity index (χ0n) is 8.95. The second-order valence-electron chi connectivity index (χ2n) is 3.57. The molecule has 0 aliphatic rings. The highest BCUT2D eigenvalue weighted by Gasteiger charge is 2.04. The van der Waals surface area contributed by atoms with Crippen molar-refractivity contribution in [2.75, 3.05) is 11.1 Å². The summed E-state index contributed by atoms with van der Waals surface area (Å²) in [5.74, 6) is 0. The van der Waals surface area contributed by atoms with Gasteiger partial charge in [0, 0.05) is 17.8 Å². The topological polar surface area (TPSA) is 50.9 Å². The Kier molecular flexibility index (Phi) is 3.86. The van der Waals surface area contributed by atoms with Crippen molar-refractivity contribution in [2.24, 2.45) is 0 Å². The summed E-state index contributed by atoms with van der Waals surface area (Å²) in [6.07, 6.45) is 3.32. The predicted molar refractivity (Wildman–Crippen MR) is 75.1 cm³/mol. The van der Waals surface area contributed by atoms with Crippen molar-refractivity contribution in [3.05, 3.63) is 51.7 Å². The fraction of sp³-hybridized carbons (Fsp3) is 0.0833. The molecule has 0 fully saturated rings. The fourth-order valence-electron chi connectivity index (χ4n) is 1.47. The smallest absolute Gasteiger partial charge is 0.0752 e. The Morgan fingerprint density at radius 2 is 2.18 bits per heavy atom. The molecule has 0 aliphatic carbocycles. The van der Waals surface area contributed by atoms with Crippen LogP contribution in [0.15, 0.2) is 41.1 Å². The van der Waals surface area contributed by atoms with Crippen LogP contribution in [0, 0.1) is 0 Å². The first-order chi connectivity index (χ1) is 8.16. The molecule has 0 atom stereocenters. The molecule has 1 heterocycles. The Balaban J connectivity index is 2.13. The first-order valence-electron chi connectivity index (χ1n) is 5.04. The Morgan fingerprint density at radius 1 is 1.35 bits per heavy atom. The molecule has 17 heavy (non-hydrogen) atoms. The standard InChI is InChI=1S/C12H11BrClN3/c13-10-6-16-7-11(15)12(10)17-5-8-2-1-3-9(14)4-8/h1-4,6-7H,5,15H2,(H,16,17). The number of benzene rings is 1. The van der Waals surface area contributed by atoms with Gasteiger partial charge >= 0.3 is 0 Å².